The Hall–Kier alpha value is -3.53. The molecule has 2 aliphatic heterocycles. The molecule has 0 saturated carbocycles. The molecule has 0 atom stereocenters. The van der Waals surface area contributed by atoms with E-state index in [9.17, 15) is 0 Å². The van der Waals surface area contributed by atoms with E-state index >= 15 is 0 Å². The van der Waals surface area contributed by atoms with Gasteiger partial charge in [0.15, 0.2) is 0 Å². The average Bonchev–Trinajstić information content (AvgIpc) is 3.00. The number of hydrogen-bond donors (Lipinski definition) is 1. The first-order valence-corrected chi connectivity index (χ1v) is 10.6. The Morgan fingerprint density at radius 3 is 2.33 bits per heavy atom. The highest BCUT2D eigenvalue weighted by Gasteiger charge is 2.32. The molecule has 0 amide bonds. The second kappa shape index (κ2) is 8.07. The van der Waals surface area contributed by atoms with Crippen molar-refractivity contribution in [2.75, 3.05) is 30.4 Å². The number of anilines is 2. The highest BCUT2D eigenvalue weighted by molar-refractivity contribution is 6.08. The summed E-state index contributed by atoms with van der Waals surface area (Å²) < 4.78 is 0. The van der Waals surface area contributed by atoms with Gasteiger partial charge in [0.2, 0.25) is 5.96 Å². The molecule has 3 aromatic rings. The summed E-state index contributed by atoms with van der Waals surface area (Å²) in [5.74, 6) is 1.03. The van der Waals surface area contributed by atoms with E-state index in [1.54, 1.807) is 0 Å². The molecule has 150 valence electrons. The highest BCUT2D eigenvalue weighted by atomic mass is 15.4. The largest absolute Gasteiger partial charge is 0.388 e. The van der Waals surface area contributed by atoms with Crippen molar-refractivity contribution in [2.45, 2.75) is 12.8 Å². The van der Waals surface area contributed by atoms with Gasteiger partial charge in [-0.1, -0.05) is 60.7 Å². The lowest BCUT2D eigenvalue weighted by molar-refractivity contribution is 0.566. The monoisotopic (exact) mass is 394 g/mol. The standard InChI is InChI=1S/C26H26N4/c1-27-24-12-6-5-11-23(24)25-19-30(26-28-17-7-8-18-29(25)26)22-15-13-21(14-16-22)20-9-3-2-4-10-20/h2-6,9-16,19,27H,7-8,17-18H2,1H3. The number of hydrogen-bond acceptors (Lipinski definition) is 4. The van der Waals surface area contributed by atoms with Crippen LogP contribution in [0.15, 0.2) is 90.1 Å². The van der Waals surface area contributed by atoms with Gasteiger partial charge in [-0.2, -0.15) is 0 Å². The van der Waals surface area contributed by atoms with Crippen LogP contribution in [0.4, 0.5) is 11.4 Å². The van der Waals surface area contributed by atoms with E-state index in [-0.39, 0.29) is 0 Å². The summed E-state index contributed by atoms with van der Waals surface area (Å²) in [4.78, 5) is 9.56. The number of rotatable bonds is 4. The molecule has 0 radical (unpaired) electrons. The second-order valence-electron chi connectivity index (χ2n) is 7.63. The Kier molecular flexibility index (Phi) is 4.98. The fourth-order valence-corrected chi connectivity index (χ4v) is 4.20. The molecule has 0 spiro atoms. The summed E-state index contributed by atoms with van der Waals surface area (Å²) >= 11 is 0. The zero-order valence-corrected chi connectivity index (χ0v) is 17.3. The molecule has 2 heterocycles. The summed E-state index contributed by atoms with van der Waals surface area (Å²) in [5.41, 5.74) is 7.14. The summed E-state index contributed by atoms with van der Waals surface area (Å²) in [6, 6.07) is 27.8. The van der Waals surface area contributed by atoms with Gasteiger partial charge in [-0.25, -0.2) is 0 Å². The SMILES string of the molecule is CNc1ccccc1C1=CN(c2ccc(-c3ccccc3)cc2)C2=NCCCCN12. The van der Waals surface area contributed by atoms with Crippen LogP contribution in [0.1, 0.15) is 18.4 Å². The number of para-hydroxylation sites is 1. The molecule has 5 rings (SSSR count). The van der Waals surface area contributed by atoms with E-state index in [4.69, 9.17) is 4.99 Å². The van der Waals surface area contributed by atoms with Crippen molar-refractivity contribution in [2.24, 2.45) is 4.99 Å². The van der Waals surface area contributed by atoms with Gasteiger partial charge in [-0.3, -0.25) is 9.89 Å². The van der Waals surface area contributed by atoms with Crippen molar-refractivity contribution in [1.82, 2.24) is 4.90 Å². The van der Waals surface area contributed by atoms with Crippen LogP contribution >= 0.6 is 0 Å². The lowest BCUT2D eigenvalue weighted by Gasteiger charge is -2.25. The maximum absolute atomic E-state index is 4.95. The molecule has 4 nitrogen and oxygen atoms in total. The van der Waals surface area contributed by atoms with Gasteiger partial charge in [0.1, 0.15) is 0 Å². The zero-order chi connectivity index (χ0) is 20.3. The lowest BCUT2D eigenvalue weighted by Crippen LogP contribution is -2.34. The Labute approximate surface area is 178 Å². The maximum atomic E-state index is 4.95. The van der Waals surface area contributed by atoms with Crippen LogP contribution in [-0.2, 0) is 0 Å². The Morgan fingerprint density at radius 2 is 1.53 bits per heavy atom. The molecule has 0 fully saturated rings. The smallest absolute Gasteiger partial charge is 0.210 e. The van der Waals surface area contributed by atoms with Gasteiger partial charge >= 0.3 is 0 Å². The molecule has 0 unspecified atom stereocenters. The topological polar surface area (TPSA) is 30.9 Å². The van der Waals surface area contributed by atoms with E-state index in [0.29, 0.717) is 0 Å². The summed E-state index contributed by atoms with van der Waals surface area (Å²) in [6.07, 6.45) is 4.51. The number of nitrogens with zero attached hydrogens (tertiary/aromatic N) is 3. The third-order valence-electron chi connectivity index (χ3n) is 5.77. The molecule has 30 heavy (non-hydrogen) atoms. The Morgan fingerprint density at radius 1 is 0.800 bits per heavy atom. The van der Waals surface area contributed by atoms with E-state index in [0.717, 1.165) is 43.3 Å². The van der Waals surface area contributed by atoms with Crippen LogP contribution in [0.3, 0.4) is 0 Å². The number of nitrogens with one attached hydrogen (secondary N) is 1. The second-order valence-corrected chi connectivity index (χ2v) is 7.63. The molecule has 0 saturated heterocycles. The van der Waals surface area contributed by atoms with Gasteiger partial charge in [-0.05, 0) is 42.2 Å². The number of benzene rings is 3. The highest BCUT2D eigenvalue weighted by Crippen LogP contribution is 2.36. The van der Waals surface area contributed by atoms with Crippen LogP contribution in [-0.4, -0.2) is 31.0 Å². The van der Waals surface area contributed by atoms with Crippen LogP contribution in [0.25, 0.3) is 16.8 Å². The summed E-state index contributed by atoms with van der Waals surface area (Å²) in [6.45, 7) is 1.86. The molecule has 3 aromatic carbocycles. The van der Waals surface area contributed by atoms with E-state index in [1.165, 1.54) is 22.4 Å². The van der Waals surface area contributed by atoms with Crippen molar-refractivity contribution in [3.8, 4) is 11.1 Å². The molecule has 0 aromatic heterocycles. The first-order chi connectivity index (χ1) is 14.8. The maximum Gasteiger partial charge on any atom is 0.210 e. The van der Waals surface area contributed by atoms with Crippen LogP contribution in [0, 0.1) is 0 Å². The average molecular weight is 395 g/mol. The predicted octanol–water partition coefficient (Wildman–Crippen LogP) is 5.67. The van der Waals surface area contributed by atoms with Gasteiger partial charge in [-0.15, -0.1) is 0 Å². The van der Waals surface area contributed by atoms with Crippen LogP contribution in [0.5, 0.6) is 0 Å². The van der Waals surface area contributed by atoms with Gasteiger partial charge in [0.05, 0.1) is 5.70 Å². The first-order valence-electron chi connectivity index (χ1n) is 10.6. The fourth-order valence-electron chi connectivity index (χ4n) is 4.20. The minimum absolute atomic E-state index is 0.874. The van der Waals surface area contributed by atoms with E-state index in [2.05, 4.69) is 100 Å². The number of fused-ring (bicyclic) bond motifs is 1. The molecule has 0 bridgehead atoms. The molecule has 2 aliphatic rings. The van der Waals surface area contributed by atoms with Crippen molar-refractivity contribution in [3.63, 3.8) is 0 Å². The zero-order valence-electron chi connectivity index (χ0n) is 17.3. The Bertz CT molecular complexity index is 1080. The first kappa shape index (κ1) is 18.5. The van der Waals surface area contributed by atoms with Crippen LogP contribution < -0.4 is 10.2 Å². The van der Waals surface area contributed by atoms with E-state index < -0.39 is 0 Å². The van der Waals surface area contributed by atoms with Gasteiger partial charge in [0, 0.05) is 43.3 Å². The van der Waals surface area contributed by atoms with Crippen molar-refractivity contribution >= 4 is 23.0 Å². The predicted molar refractivity (Wildman–Crippen MR) is 127 cm³/mol. The van der Waals surface area contributed by atoms with Crippen LogP contribution in [0.2, 0.25) is 0 Å². The molecule has 0 aliphatic carbocycles. The molecular weight excluding hydrogens is 368 g/mol. The fraction of sp³-hybridized carbons (Fsp3) is 0.192. The van der Waals surface area contributed by atoms with Crippen molar-refractivity contribution in [1.29, 1.82) is 0 Å². The van der Waals surface area contributed by atoms with E-state index in [1.807, 2.05) is 7.05 Å². The number of guanidine groups is 1. The van der Waals surface area contributed by atoms with Gasteiger partial charge < -0.3 is 10.2 Å². The molecule has 4 heteroatoms. The Balaban J connectivity index is 1.55. The summed E-state index contributed by atoms with van der Waals surface area (Å²) in [7, 11) is 1.98. The molecule has 1 N–H and O–H groups in total. The third-order valence-corrected chi connectivity index (χ3v) is 5.77. The van der Waals surface area contributed by atoms with Crippen molar-refractivity contribution < 1.29 is 0 Å². The lowest BCUT2D eigenvalue weighted by atomic mass is 10.1. The normalized spacial score (nSPS) is 15.9. The minimum Gasteiger partial charge on any atom is -0.388 e. The quantitative estimate of drug-likeness (QED) is 0.619. The summed E-state index contributed by atoms with van der Waals surface area (Å²) in [5, 5.41) is 3.34. The minimum atomic E-state index is 0.874. The third kappa shape index (κ3) is 3.35. The number of aliphatic imine (C=N–C) groups is 1. The molecular formula is C26H26N4. The van der Waals surface area contributed by atoms with Crippen molar-refractivity contribution in [3.05, 3.63) is 90.6 Å². The van der Waals surface area contributed by atoms with Gasteiger partial charge in [0.25, 0.3) is 0 Å².